The molecule has 0 atom stereocenters. The number of rotatable bonds is 8. The van der Waals surface area contributed by atoms with E-state index < -0.39 is 11.9 Å². The maximum absolute atomic E-state index is 15.7. The van der Waals surface area contributed by atoms with Gasteiger partial charge in [-0.2, -0.15) is 5.10 Å². The second-order valence-electron chi connectivity index (χ2n) is 13.9. The molecule has 2 saturated heterocycles. The zero-order valence-corrected chi connectivity index (χ0v) is 30.3. The number of hydrogen-bond donors (Lipinski definition) is 3. The zero-order chi connectivity index (χ0) is 38.0. The van der Waals surface area contributed by atoms with Gasteiger partial charge in [0.15, 0.2) is 17.3 Å². The number of hydrogen-bond acceptors (Lipinski definition) is 11. The Hall–Kier alpha value is -6.62. The van der Waals surface area contributed by atoms with Gasteiger partial charge in [0.25, 0.3) is 5.91 Å². The number of anilines is 5. The smallest absolute Gasteiger partial charge is 0.329 e. The number of primary amides is 1. The van der Waals surface area contributed by atoms with E-state index in [2.05, 4.69) is 53.6 Å². The largest absolute Gasteiger partial charge is 0.385 e. The van der Waals surface area contributed by atoms with Gasteiger partial charge >= 0.3 is 6.03 Å². The number of benzene rings is 2. The summed E-state index contributed by atoms with van der Waals surface area (Å²) in [6, 6.07) is 15.0. The van der Waals surface area contributed by atoms with Crippen LogP contribution in [0.1, 0.15) is 28.0 Å². The molecule has 16 nitrogen and oxygen atoms in total. The fraction of sp³-hybridized carbons (Fsp3) is 0.289. The van der Waals surface area contributed by atoms with Gasteiger partial charge in [-0.05, 0) is 47.9 Å². The zero-order valence-electron chi connectivity index (χ0n) is 30.3. The van der Waals surface area contributed by atoms with Crippen LogP contribution in [0, 0.1) is 5.82 Å². The quantitative estimate of drug-likeness (QED) is 0.208. The number of nitrogens with one attached hydrogen (secondary N) is 2. The molecule has 4 N–H and O–H groups in total. The summed E-state index contributed by atoms with van der Waals surface area (Å²) in [5.74, 6) is -0.317. The van der Waals surface area contributed by atoms with Crippen LogP contribution in [0.2, 0.25) is 0 Å². The molecule has 7 heterocycles. The van der Waals surface area contributed by atoms with E-state index in [1.165, 1.54) is 27.2 Å². The third-order valence-corrected chi connectivity index (χ3v) is 10.7. The molecule has 0 unspecified atom stereocenters. The maximum atomic E-state index is 15.7. The summed E-state index contributed by atoms with van der Waals surface area (Å²) in [6.45, 7) is 4.37. The Morgan fingerprint density at radius 3 is 2.55 bits per heavy atom. The fourth-order valence-corrected chi connectivity index (χ4v) is 7.93. The number of amides is 4. The van der Waals surface area contributed by atoms with Crippen LogP contribution in [-0.2, 0) is 24.8 Å². The summed E-state index contributed by atoms with van der Waals surface area (Å²) in [5.41, 5.74) is 13.6. The number of piperazine rings is 1. The van der Waals surface area contributed by atoms with Crippen LogP contribution in [0.3, 0.4) is 0 Å². The Bertz CT molecular complexity index is 2540. The number of carbonyl (C=O) groups is 3. The number of imide groups is 1. The number of pyridine rings is 1. The van der Waals surface area contributed by atoms with Crippen LogP contribution >= 0.6 is 0 Å². The van der Waals surface area contributed by atoms with Gasteiger partial charge in [-0.3, -0.25) is 34.4 Å². The molecule has 4 amide bonds. The van der Waals surface area contributed by atoms with Gasteiger partial charge in [0.1, 0.15) is 11.5 Å². The molecule has 2 fully saturated rings. The van der Waals surface area contributed by atoms with E-state index in [9.17, 15) is 14.4 Å². The minimum absolute atomic E-state index is 0.159. The highest BCUT2D eigenvalue weighted by molar-refractivity contribution is 6.09. The van der Waals surface area contributed by atoms with Crippen molar-refractivity contribution in [2.75, 3.05) is 66.3 Å². The van der Waals surface area contributed by atoms with Crippen LogP contribution in [0.25, 0.3) is 27.8 Å². The summed E-state index contributed by atoms with van der Waals surface area (Å²) < 4.78 is 18.8. The van der Waals surface area contributed by atoms with Gasteiger partial charge < -0.3 is 20.9 Å². The lowest BCUT2D eigenvalue weighted by molar-refractivity contribution is -0.120. The minimum atomic E-state index is -0.602. The van der Waals surface area contributed by atoms with Crippen LogP contribution in [0.4, 0.5) is 37.9 Å². The van der Waals surface area contributed by atoms with Crippen LogP contribution in [-0.4, -0.2) is 98.4 Å². The third-order valence-electron chi connectivity index (χ3n) is 10.7. The lowest BCUT2D eigenvalue weighted by Crippen LogP contribution is -2.49. The van der Waals surface area contributed by atoms with Crippen LogP contribution in [0.15, 0.2) is 60.9 Å². The summed E-state index contributed by atoms with van der Waals surface area (Å²) in [6.07, 6.45) is 4.24. The second-order valence-corrected chi connectivity index (χ2v) is 13.9. The van der Waals surface area contributed by atoms with Gasteiger partial charge in [0.2, 0.25) is 5.91 Å². The molecule has 0 bridgehead atoms. The molecule has 0 spiro atoms. The predicted molar refractivity (Wildman–Crippen MR) is 205 cm³/mol. The first-order valence-corrected chi connectivity index (χ1v) is 18.1. The normalized spacial score (nSPS) is 16.3. The molecule has 4 aromatic heterocycles. The molecular formula is C38H38FN13O3. The summed E-state index contributed by atoms with van der Waals surface area (Å²) in [4.78, 5) is 53.3. The molecule has 6 aromatic rings. The number of aromatic nitrogens is 6. The van der Waals surface area contributed by atoms with Crippen molar-refractivity contribution < 1.29 is 18.8 Å². The maximum Gasteiger partial charge on any atom is 0.329 e. The van der Waals surface area contributed by atoms with E-state index in [-0.39, 0.29) is 30.4 Å². The average Bonchev–Trinajstić information content (AvgIpc) is 3.90. The fourth-order valence-electron chi connectivity index (χ4n) is 7.93. The van der Waals surface area contributed by atoms with Crippen molar-refractivity contribution in [3.05, 3.63) is 83.6 Å². The molecular weight excluding hydrogens is 706 g/mol. The minimum Gasteiger partial charge on any atom is -0.385 e. The molecule has 0 radical (unpaired) electrons. The number of halogens is 1. The Kier molecular flexibility index (Phi) is 8.29. The summed E-state index contributed by atoms with van der Waals surface area (Å²) in [7, 11) is 3.57. The number of nitrogens with zero attached hydrogens (tertiary/aromatic N) is 10. The molecule has 9 rings (SSSR count). The standard InChI is InChI=1S/C38H38FN13O3/c1-41-28-18-33(45-52-32(35(40)54)20-43-37(28)52)50-10-7-24-23(4-3-5-29(24)50)27-16-22(6-9-42-27)21-48-12-14-49(15-13-48)31-19-30-25(17-26(31)39)36(46-47(30)2)51-11-8-34(53)44-38(51)55/h3-6,9,16-20,41H,7-8,10-15,21H2,1-2H3,(H2,40,54)(H,44,53,55). The molecule has 3 aliphatic rings. The molecule has 0 aliphatic carbocycles. The first-order valence-electron chi connectivity index (χ1n) is 18.1. The molecule has 280 valence electrons. The average molecular weight is 744 g/mol. The number of urea groups is 1. The highest BCUT2D eigenvalue weighted by Gasteiger charge is 2.30. The van der Waals surface area contributed by atoms with Gasteiger partial charge in [0.05, 0.1) is 28.8 Å². The van der Waals surface area contributed by atoms with E-state index in [1.807, 2.05) is 24.4 Å². The van der Waals surface area contributed by atoms with Crippen molar-refractivity contribution in [2.45, 2.75) is 19.4 Å². The van der Waals surface area contributed by atoms with E-state index >= 15 is 4.39 Å². The van der Waals surface area contributed by atoms with Gasteiger partial charge in [0, 0.05) is 95.2 Å². The Labute approximate surface area is 314 Å². The molecule has 0 saturated carbocycles. The number of aryl methyl sites for hydroxylation is 1. The van der Waals surface area contributed by atoms with E-state index in [1.54, 1.807) is 24.8 Å². The van der Waals surface area contributed by atoms with Crippen LogP contribution < -0.4 is 31.1 Å². The molecule has 2 aromatic carbocycles. The van der Waals surface area contributed by atoms with Gasteiger partial charge in [-0.25, -0.2) is 18.7 Å². The first kappa shape index (κ1) is 34.2. The molecule has 17 heteroatoms. The second kappa shape index (κ2) is 13.3. The lowest BCUT2D eigenvalue weighted by atomic mass is 10.0. The van der Waals surface area contributed by atoms with Crippen molar-refractivity contribution in [3.8, 4) is 11.3 Å². The number of imidazole rings is 1. The van der Waals surface area contributed by atoms with E-state index in [4.69, 9.17) is 15.8 Å². The number of nitrogens with two attached hydrogens (primary N) is 1. The first-order chi connectivity index (χ1) is 26.7. The Balaban J connectivity index is 0.906. The monoisotopic (exact) mass is 743 g/mol. The number of carbonyl (C=O) groups excluding carboxylic acids is 3. The van der Waals surface area contributed by atoms with Crippen LogP contribution in [0.5, 0.6) is 0 Å². The van der Waals surface area contributed by atoms with Gasteiger partial charge in [-0.1, -0.05) is 12.1 Å². The summed E-state index contributed by atoms with van der Waals surface area (Å²) >= 11 is 0. The third kappa shape index (κ3) is 5.92. The van der Waals surface area contributed by atoms with Gasteiger partial charge in [-0.15, -0.1) is 5.10 Å². The SMILES string of the molecule is CNc1cc(N2CCc3c(-c4cc(CN5CCN(c6cc7c(cc6F)c(N6CCC(=O)NC6=O)nn7C)CC5)ccn4)cccc32)nn2c(C(N)=O)cnc12. The van der Waals surface area contributed by atoms with Crippen molar-refractivity contribution in [1.82, 2.24) is 39.6 Å². The van der Waals surface area contributed by atoms with Crippen molar-refractivity contribution in [1.29, 1.82) is 0 Å². The molecule has 3 aliphatic heterocycles. The predicted octanol–water partition coefficient (Wildman–Crippen LogP) is 3.42. The van der Waals surface area contributed by atoms with Crippen molar-refractivity contribution in [3.63, 3.8) is 0 Å². The van der Waals surface area contributed by atoms with E-state index in [0.717, 1.165) is 54.3 Å². The topological polar surface area (TPSA) is 175 Å². The number of fused-ring (bicyclic) bond motifs is 3. The highest BCUT2D eigenvalue weighted by atomic mass is 19.1. The molecule has 55 heavy (non-hydrogen) atoms. The van der Waals surface area contributed by atoms with Crippen molar-refractivity contribution >= 4 is 63.1 Å². The highest BCUT2D eigenvalue weighted by Crippen LogP contribution is 2.40. The summed E-state index contributed by atoms with van der Waals surface area (Å²) in [5, 5.41) is 15.3. The lowest BCUT2D eigenvalue weighted by Gasteiger charge is -2.36. The van der Waals surface area contributed by atoms with E-state index in [0.29, 0.717) is 53.5 Å². The Morgan fingerprint density at radius 1 is 0.945 bits per heavy atom. The van der Waals surface area contributed by atoms with Crippen molar-refractivity contribution in [2.24, 2.45) is 12.8 Å². The Morgan fingerprint density at radius 2 is 1.76 bits per heavy atom.